The van der Waals surface area contributed by atoms with Gasteiger partial charge in [0.1, 0.15) is 5.82 Å². The molecule has 30 heavy (non-hydrogen) atoms. The number of aromatic nitrogens is 1. The van der Waals surface area contributed by atoms with Crippen LogP contribution in [0.5, 0.6) is 0 Å². The number of fused-ring (bicyclic) bond motifs is 2. The van der Waals surface area contributed by atoms with Crippen LogP contribution >= 0.6 is 0 Å². The van der Waals surface area contributed by atoms with Crippen molar-refractivity contribution in [1.82, 2.24) is 9.29 Å². The lowest BCUT2D eigenvalue weighted by Gasteiger charge is -2.12. The van der Waals surface area contributed by atoms with Crippen molar-refractivity contribution in [3.05, 3.63) is 78.2 Å². The summed E-state index contributed by atoms with van der Waals surface area (Å²) in [6.07, 6.45) is 4.60. The molecule has 5 rings (SSSR count). The lowest BCUT2D eigenvalue weighted by molar-refractivity contribution is 0.587. The van der Waals surface area contributed by atoms with Crippen molar-refractivity contribution >= 4 is 31.7 Å². The van der Waals surface area contributed by atoms with Crippen LogP contribution in [-0.2, 0) is 10.0 Å². The molecular formula is C24H23FN2O2S. The zero-order valence-corrected chi connectivity index (χ0v) is 17.3. The monoisotopic (exact) mass is 422 g/mol. The zero-order valence-electron chi connectivity index (χ0n) is 16.5. The Morgan fingerprint density at radius 2 is 1.77 bits per heavy atom. The molecule has 154 valence electrons. The average molecular weight is 423 g/mol. The summed E-state index contributed by atoms with van der Waals surface area (Å²) in [6.45, 7) is 1.84. The van der Waals surface area contributed by atoms with E-state index in [0.29, 0.717) is 10.9 Å². The maximum atomic E-state index is 14.1. The fraction of sp³-hybridized carbons (Fsp3) is 0.250. The van der Waals surface area contributed by atoms with Gasteiger partial charge in [0.15, 0.2) is 0 Å². The molecular weight excluding hydrogens is 399 g/mol. The smallest absolute Gasteiger partial charge is 0.268 e. The predicted octanol–water partition coefficient (Wildman–Crippen LogP) is 5.03. The molecule has 0 spiro atoms. The highest BCUT2D eigenvalue weighted by Crippen LogP contribution is 2.36. The molecule has 1 aliphatic heterocycles. The van der Waals surface area contributed by atoms with Crippen LogP contribution in [0.25, 0.3) is 21.7 Å². The molecule has 2 heterocycles. The third-order valence-electron chi connectivity index (χ3n) is 6.06. The minimum atomic E-state index is -3.82. The van der Waals surface area contributed by atoms with Crippen LogP contribution < -0.4 is 5.32 Å². The van der Waals surface area contributed by atoms with E-state index in [1.54, 1.807) is 24.4 Å². The second kappa shape index (κ2) is 7.52. The highest BCUT2D eigenvalue weighted by Gasteiger charge is 2.25. The highest BCUT2D eigenvalue weighted by atomic mass is 32.2. The Kier molecular flexibility index (Phi) is 4.83. The molecule has 0 amide bonds. The molecule has 1 aliphatic rings. The van der Waals surface area contributed by atoms with Crippen molar-refractivity contribution in [1.29, 1.82) is 0 Å². The van der Waals surface area contributed by atoms with Gasteiger partial charge in [-0.05, 0) is 84.9 Å². The Balaban J connectivity index is 1.69. The average Bonchev–Trinajstić information content (AvgIpc) is 2.93. The second-order valence-electron chi connectivity index (χ2n) is 7.93. The van der Waals surface area contributed by atoms with E-state index in [4.69, 9.17) is 0 Å². The molecule has 0 saturated carbocycles. The molecule has 1 aromatic heterocycles. The quantitative estimate of drug-likeness (QED) is 0.504. The topological polar surface area (TPSA) is 51.1 Å². The Labute approximate surface area is 175 Å². The summed E-state index contributed by atoms with van der Waals surface area (Å²) in [4.78, 5) is 0.233. The minimum Gasteiger partial charge on any atom is -0.317 e. The molecule has 1 atom stereocenters. The van der Waals surface area contributed by atoms with E-state index < -0.39 is 10.0 Å². The molecule has 0 bridgehead atoms. The predicted molar refractivity (Wildman–Crippen MR) is 118 cm³/mol. The second-order valence-corrected chi connectivity index (χ2v) is 9.75. The summed E-state index contributed by atoms with van der Waals surface area (Å²) in [6, 6.07) is 17.2. The third-order valence-corrected chi connectivity index (χ3v) is 7.73. The van der Waals surface area contributed by atoms with Gasteiger partial charge in [0.25, 0.3) is 10.0 Å². The van der Waals surface area contributed by atoms with Gasteiger partial charge in [-0.2, -0.15) is 0 Å². The standard InChI is InChI=1S/C24H23FN2O2S/c25-20-8-10-24-22(15-20)23(18-6-3-12-26-13-11-18)16-27(24)30(28,29)21-9-7-17-4-1-2-5-19(17)14-21/h1-2,4-5,7-10,14-16,18,26H,3,6,11-13H2. The van der Waals surface area contributed by atoms with Crippen molar-refractivity contribution < 1.29 is 12.8 Å². The maximum absolute atomic E-state index is 14.1. The molecule has 1 N–H and O–H groups in total. The number of nitrogens with one attached hydrogen (secondary N) is 1. The van der Waals surface area contributed by atoms with Gasteiger partial charge in [-0.15, -0.1) is 0 Å². The number of rotatable bonds is 3. The maximum Gasteiger partial charge on any atom is 0.268 e. The number of halogens is 1. The Morgan fingerprint density at radius 3 is 2.63 bits per heavy atom. The zero-order chi connectivity index (χ0) is 20.7. The van der Waals surface area contributed by atoms with E-state index >= 15 is 0 Å². The van der Waals surface area contributed by atoms with Crippen LogP contribution in [0.2, 0.25) is 0 Å². The number of nitrogens with zero attached hydrogens (tertiary/aromatic N) is 1. The molecule has 0 radical (unpaired) electrons. The Morgan fingerprint density at radius 1 is 0.933 bits per heavy atom. The fourth-order valence-electron chi connectivity index (χ4n) is 4.49. The molecule has 1 fully saturated rings. The lowest BCUT2D eigenvalue weighted by atomic mass is 9.92. The van der Waals surface area contributed by atoms with Crippen molar-refractivity contribution in [2.75, 3.05) is 13.1 Å². The molecule has 4 nitrogen and oxygen atoms in total. The number of benzene rings is 3. The first-order chi connectivity index (χ1) is 14.5. The first kappa shape index (κ1) is 19.3. The number of hydrogen-bond acceptors (Lipinski definition) is 3. The molecule has 3 aromatic carbocycles. The summed E-state index contributed by atoms with van der Waals surface area (Å²) in [5.41, 5.74) is 1.44. The van der Waals surface area contributed by atoms with Crippen molar-refractivity contribution in [2.45, 2.75) is 30.1 Å². The van der Waals surface area contributed by atoms with Crippen molar-refractivity contribution in [3.63, 3.8) is 0 Å². The normalized spacial score (nSPS) is 18.0. The van der Waals surface area contributed by atoms with Gasteiger partial charge in [-0.1, -0.05) is 30.3 Å². The van der Waals surface area contributed by atoms with Gasteiger partial charge < -0.3 is 5.32 Å². The molecule has 1 unspecified atom stereocenters. The van der Waals surface area contributed by atoms with E-state index in [1.807, 2.05) is 30.3 Å². The van der Waals surface area contributed by atoms with Crippen LogP contribution in [-0.4, -0.2) is 25.5 Å². The van der Waals surface area contributed by atoms with Gasteiger partial charge in [0, 0.05) is 11.6 Å². The molecule has 0 aliphatic carbocycles. The number of hydrogen-bond donors (Lipinski definition) is 1. The van der Waals surface area contributed by atoms with E-state index in [1.165, 1.54) is 16.1 Å². The molecule has 1 saturated heterocycles. The van der Waals surface area contributed by atoms with E-state index in [9.17, 15) is 12.8 Å². The highest BCUT2D eigenvalue weighted by molar-refractivity contribution is 7.90. The van der Waals surface area contributed by atoms with Gasteiger partial charge in [-0.25, -0.2) is 16.8 Å². The first-order valence-corrected chi connectivity index (χ1v) is 11.7. The van der Waals surface area contributed by atoms with Gasteiger partial charge in [0.2, 0.25) is 0 Å². The molecule has 4 aromatic rings. The lowest BCUT2D eigenvalue weighted by Crippen LogP contribution is -2.14. The van der Waals surface area contributed by atoms with Gasteiger partial charge >= 0.3 is 0 Å². The van der Waals surface area contributed by atoms with E-state index in [2.05, 4.69) is 5.32 Å². The summed E-state index contributed by atoms with van der Waals surface area (Å²) in [5, 5.41) is 5.93. The van der Waals surface area contributed by atoms with Crippen LogP contribution in [0.15, 0.2) is 71.8 Å². The van der Waals surface area contributed by atoms with Crippen LogP contribution in [0.4, 0.5) is 4.39 Å². The summed E-state index contributed by atoms with van der Waals surface area (Å²) in [7, 11) is -3.82. The van der Waals surface area contributed by atoms with Crippen molar-refractivity contribution in [3.8, 4) is 0 Å². The van der Waals surface area contributed by atoms with E-state index in [-0.39, 0.29) is 16.6 Å². The largest absolute Gasteiger partial charge is 0.317 e. The summed E-state index contributed by atoms with van der Waals surface area (Å²) >= 11 is 0. The van der Waals surface area contributed by atoms with Gasteiger partial charge in [-0.3, -0.25) is 0 Å². The van der Waals surface area contributed by atoms with Gasteiger partial charge in [0.05, 0.1) is 10.4 Å². The third kappa shape index (κ3) is 3.30. The SMILES string of the molecule is O=S(=O)(c1ccc2ccccc2c1)n1cc(C2CCCNCC2)c2cc(F)ccc21. The van der Waals surface area contributed by atoms with Crippen LogP contribution in [0.3, 0.4) is 0 Å². The van der Waals surface area contributed by atoms with Crippen LogP contribution in [0, 0.1) is 5.82 Å². The van der Waals surface area contributed by atoms with Crippen molar-refractivity contribution in [2.24, 2.45) is 0 Å². The van der Waals surface area contributed by atoms with Crippen LogP contribution in [0.1, 0.15) is 30.7 Å². The van der Waals surface area contributed by atoms with E-state index in [0.717, 1.165) is 48.7 Å². The molecule has 6 heteroatoms. The fourth-order valence-corrected chi connectivity index (χ4v) is 5.91. The Bertz CT molecular complexity index is 1340. The summed E-state index contributed by atoms with van der Waals surface area (Å²) in [5.74, 6) is -0.145. The summed E-state index contributed by atoms with van der Waals surface area (Å²) < 4.78 is 42.6. The Hall–Kier alpha value is -2.70. The minimum absolute atomic E-state index is 0.206. The first-order valence-electron chi connectivity index (χ1n) is 10.3.